The molecular weight excluding hydrogens is 284 g/mol. The van der Waals surface area contributed by atoms with Crippen molar-refractivity contribution < 1.29 is 4.74 Å². The van der Waals surface area contributed by atoms with E-state index in [4.69, 9.17) is 9.72 Å². The minimum atomic E-state index is 0.451. The second kappa shape index (κ2) is 6.29. The second-order valence-corrected chi connectivity index (χ2v) is 6.12. The lowest BCUT2D eigenvalue weighted by Crippen LogP contribution is -2.08. The van der Waals surface area contributed by atoms with Crippen LogP contribution in [0.5, 0.6) is 5.75 Å². The van der Waals surface area contributed by atoms with Gasteiger partial charge < -0.3 is 9.30 Å². The van der Waals surface area contributed by atoms with Crippen LogP contribution in [0.15, 0.2) is 54.6 Å². The molecule has 0 aliphatic rings. The molecule has 0 amide bonds. The van der Waals surface area contributed by atoms with E-state index < -0.39 is 0 Å². The van der Waals surface area contributed by atoms with Crippen molar-refractivity contribution in [1.82, 2.24) is 9.55 Å². The lowest BCUT2D eigenvalue weighted by atomic mass is 10.1. The molecule has 0 bridgehead atoms. The number of ether oxygens (including phenoxy) is 1. The molecule has 23 heavy (non-hydrogen) atoms. The van der Waals surface area contributed by atoms with Gasteiger partial charge in [0, 0.05) is 6.54 Å². The van der Waals surface area contributed by atoms with Crippen LogP contribution in [-0.2, 0) is 13.2 Å². The third-order valence-corrected chi connectivity index (χ3v) is 3.86. The summed E-state index contributed by atoms with van der Waals surface area (Å²) >= 11 is 0. The van der Waals surface area contributed by atoms with Crippen LogP contribution in [0.3, 0.4) is 0 Å². The Hall–Kier alpha value is -2.55. The van der Waals surface area contributed by atoms with Gasteiger partial charge in [-0.05, 0) is 50.1 Å². The minimum Gasteiger partial charge on any atom is -0.485 e. The first-order chi connectivity index (χ1) is 11.0. The third-order valence-electron chi connectivity index (χ3n) is 3.86. The molecule has 0 aliphatic heterocycles. The lowest BCUT2D eigenvalue weighted by Gasteiger charge is -2.12. The second-order valence-electron chi connectivity index (χ2n) is 6.12. The van der Waals surface area contributed by atoms with Gasteiger partial charge in [0.1, 0.15) is 18.2 Å². The first-order valence-electron chi connectivity index (χ1n) is 7.83. The standard InChI is InChI=1S/C20H22N2O/c1-14(2)12-22-18-8-6-5-7-17(18)21-20(22)13-23-19-11-15(3)9-10-16(19)4/h5-11H,1,12-13H2,2-4H3. The molecule has 0 N–H and O–H groups in total. The van der Waals surface area contributed by atoms with Crippen LogP contribution in [0.25, 0.3) is 11.0 Å². The van der Waals surface area contributed by atoms with E-state index in [0.717, 1.165) is 40.3 Å². The van der Waals surface area contributed by atoms with Gasteiger partial charge in [-0.2, -0.15) is 0 Å². The summed E-state index contributed by atoms with van der Waals surface area (Å²) in [7, 11) is 0. The van der Waals surface area contributed by atoms with Crippen LogP contribution < -0.4 is 4.74 Å². The summed E-state index contributed by atoms with van der Waals surface area (Å²) in [6, 6.07) is 14.4. The Balaban J connectivity index is 1.92. The number of benzene rings is 2. The molecule has 0 aliphatic carbocycles. The molecule has 118 valence electrons. The van der Waals surface area contributed by atoms with Crippen LogP contribution in [0.2, 0.25) is 0 Å². The van der Waals surface area contributed by atoms with Crippen molar-refractivity contribution in [1.29, 1.82) is 0 Å². The Kier molecular flexibility index (Phi) is 4.20. The average Bonchev–Trinajstić information content (AvgIpc) is 2.86. The first kappa shape index (κ1) is 15.3. The first-order valence-corrected chi connectivity index (χ1v) is 7.83. The number of rotatable bonds is 5. The van der Waals surface area contributed by atoms with Crippen molar-refractivity contribution in [3.05, 3.63) is 71.6 Å². The summed E-state index contributed by atoms with van der Waals surface area (Å²) in [5, 5.41) is 0. The molecule has 3 nitrogen and oxygen atoms in total. The average molecular weight is 306 g/mol. The minimum absolute atomic E-state index is 0.451. The van der Waals surface area contributed by atoms with Crippen LogP contribution in [0.4, 0.5) is 0 Å². The van der Waals surface area contributed by atoms with E-state index in [0.29, 0.717) is 6.61 Å². The number of aryl methyl sites for hydroxylation is 2. The zero-order valence-electron chi connectivity index (χ0n) is 14.0. The monoisotopic (exact) mass is 306 g/mol. The van der Waals surface area contributed by atoms with Crippen molar-refractivity contribution in [2.24, 2.45) is 0 Å². The smallest absolute Gasteiger partial charge is 0.148 e. The van der Waals surface area contributed by atoms with E-state index in [1.807, 2.05) is 25.1 Å². The fraction of sp³-hybridized carbons (Fsp3) is 0.250. The van der Waals surface area contributed by atoms with Crippen molar-refractivity contribution in [3.8, 4) is 5.75 Å². The van der Waals surface area contributed by atoms with Crippen molar-refractivity contribution >= 4 is 11.0 Å². The van der Waals surface area contributed by atoms with Gasteiger partial charge in [-0.15, -0.1) is 0 Å². The van der Waals surface area contributed by atoms with Gasteiger partial charge in [0.2, 0.25) is 0 Å². The van der Waals surface area contributed by atoms with E-state index in [1.54, 1.807) is 0 Å². The van der Waals surface area contributed by atoms with Gasteiger partial charge in [0.15, 0.2) is 0 Å². The molecule has 0 spiro atoms. The van der Waals surface area contributed by atoms with Crippen LogP contribution in [-0.4, -0.2) is 9.55 Å². The Morgan fingerprint density at radius 3 is 2.74 bits per heavy atom. The fourth-order valence-electron chi connectivity index (χ4n) is 2.69. The van der Waals surface area contributed by atoms with Crippen molar-refractivity contribution in [2.45, 2.75) is 33.9 Å². The molecule has 2 aromatic carbocycles. The highest BCUT2D eigenvalue weighted by Crippen LogP contribution is 2.22. The maximum atomic E-state index is 6.04. The summed E-state index contributed by atoms with van der Waals surface area (Å²) in [6.07, 6.45) is 0. The van der Waals surface area contributed by atoms with Gasteiger partial charge in [-0.25, -0.2) is 4.98 Å². The number of fused-ring (bicyclic) bond motifs is 1. The van der Waals surface area contributed by atoms with E-state index in [9.17, 15) is 0 Å². The highest BCUT2D eigenvalue weighted by Gasteiger charge is 2.11. The molecule has 0 unspecified atom stereocenters. The molecule has 1 aromatic heterocycles. The third kappa shape index (κ3) is 3.29. The predicted octanol–water partition coefficient (Wildman–Crippen LogP) is 4.81. The molecule has 3 rings (SSSR count). The molecule has 3 heteroatoms. The number of hydrogen-bond donors (Lipinski definition) is 0. The maximum absolute atomic E-state index is 6.04. The summed E-state index contributed by atoms with van der Waals surface area (Å²) in [5.74, 6) is 1.84. The van der Waals surface area contributed by atoms with Crippen molar-refractivity contribution in [2.75, 3.05) is 0 Å². The van der Waals surface area contributed by atoms with Gasteiger partial charge in [0.05, 0.1) is 11.0 Å². The van der Waals surface area contributed by atoms with Gasteiger partial charge >= 0.3 is 0 Å². The summed E-state index contributed by atoms with van der Waals surface area (Å²) in [5.41, 5.74) is 5.55. The number of imidazole rings is 1. The fourth-order valence-corrected chi connectivity index (χ4v) is 2.69. The Bertz CT molecular complexity index is 861. The van der Waals surface area contributed by atoms with E-state index in [1.165, 1.54) is 5.56 Å². The van der Waals surface area contributed by atoms with Crippen molar-refractivity contribution in [3.63, 3.8) is 0 Å². The molecule has 3 aromatic rings. The predicted molar refractivity (Wildman–Crippen MR) is 94.8 cm³/mol. The summed E-state index contributed by atoms with van der Waals surface area (Å²) in [6.45, 7) is 11.4. The maximum Gasteiger partial charge on any atom is 0.148 e. The molecule has 1 heterocycles. The topological polar surface area (TPSA) is 27.1 Å². The number of allylic oxidation sites excluding steroid dienone is 1. The Morgan fingerprint density at radius 1 is 1.17 bits per heavy atom. The number of hydrogen-bond acceptors (Lipinski definition) is 2. The zero-order valence-corrected chi connectivity index (χ0v) is 14.0. The number of nitrogens with zero attached hydrogens (tertiary/aromatic N) is 2. The van der Waals surface area contributed by atoms with Gasteiger partial charge in [-0.3, -0.25) is 0 Å². The molecule has 0 saturated heterocycles. The largest absolute Gasteiger partial charge is 0.485 e. The Labute approximate surface area is 137 Å². The highest BCUT2D eigenvalue weighted by atomic mass is 16.5. The highest BCUT2D eigenvalue weighted by molar-refractivity contribution is 5.76. The van der Waals surface area contributed by atoms with Gasteiger partial charge in [0.25, 0.3) is 0 Å². The normalized spacial score (nSPS) is 10.9. The zero-order chi connectivity index (χ0) is 16.4. The summed E-state index contributed by atoms with van der Waals surface area (Å²) < 4.78 is 8.23. The Morgan fingerprint density at radius 2 is 1.96 bits per heavy atom. The van der Waals surface area contributed by atoms with Crippen LogP contribution in [0.1, 0.15) is 23.9 Å². The van der Waals surface area contributed by atoms with E-state index in [2.05, 4.69) is 49.3 Å². The molecule has 0 atom stereocenters. The van der Waals surface area contributed by atoms with E-state index in [-0.39, 0.29) is 0 Å². The molecule has 0 fully saturated rings. The molecular formula is C20H22N2O. The van der Waals surface area contributed by atoms with Gasteiger partial charge in [-0.1, -0.05) is 36.4 Å². The number of aromatic nitrogens is 2. The molecule has 0 saturated carbocycles. The SMILES string of the molecule is C=C(C)Cn1c(COc2cc(C)ccc2C)nc2ccccc21. The quantitative estimate of drug-likeness (QED) is 0.633. The number of para-hydroxylation sites is 2. The van der Waals surface area contributed by atoms with Crippen LogP contribution in [0, 0.1) is 13.8 Å². The molecule has 0 radical (unpaired) electrons. The van der Waals surface area contributed by atoms with Crippen LogP contribution >= 0.6 is 0 Å². The summed E-state index contributed by atoms with van der Waals surface area (Å²) in [4.78, 5) is 4.73. The van der Waals surface area contributed by atoms with E-state index >= 15 is 0 Å². The lowest BCUT2D eigenvalue weighted by molar-refractivity contribution is 0.289.